The van der Waals surface area contributed by atoms with Gasteiger partial charge >= 0.3 is 0 Å². The summed E-state index contributed by atoms with van der Waals surface area (Å²) >= 11 is 0. The molecule has 2 amide bonds. The van der Waals surface area contributed by atoms with Gasteiger partial charge in [-0.1, -0.05) is 13.8 Å². The summed E-state index contributed by atoms with van der Waals surface area (Å²) in [7, 11) is 0. The summed E-state index contributed by atoms with van der Waals surface area (Å²) in [6, 6.07) is 1.78. The number of ether oxygens (including phenoxy) is 1. The number of nitrogens with zero attached hydrogens (tertiary/aromatic N) is 2. The minimum absolute atomic E-state index is 0.0511. The fraction of sp³-hybridized carbons (Fsp3) is 0.684. The lowest BCUT2D eigenvalue weighted by Gasteiger charge is -2.28. The minimum Gasteiger partial charge on any atom is -0.466 e. The molecule has 1 aromatic rings. The van der Waals surface area contributed by atoms with Crippen LogP contribution in [0.1, 0.15) is 48.6 Å². The molecule has 6 heteroatoms. The molecule has 1 fully saturated rings. The Morgan fingerprint density at radius 2 is 1.88 bits per heavy atom. The van der Waals surface area contributed by atoms with Gasteiger partial charge in [-0.15, -0.1) is 0 Å². The molecular weight excluding hydrogens is 320 g/mol. The van der Waals surface area contributed by atoms with Crippen molar-refractivity contribution in [2.45, 2.75) is 40.5 Å². The Hall–Kier alpha value is -1.82. The lowest BCUT2D eigenvalue weighted by Crippen LogP contribution is -2.43. The number of aryl methyl sites for hydroxylation is 2. The fourth-order valence-electron chi connectivity index (χ4n) is 2.94. The molecule has 1 aliphatic heterocycles. The molecule has 0 radical (unpaired) electrons. The van der Waals surface area contributed by atoms with Crippen molar-refractivity contribution in [2.24, 2.45) is 5.92 Å². The second-order valence-corrected chi connectivity index (χ2v) is 7.04. The lowest BCUT2D eigenvalue weighted by atomic mass is 10.1. The van der Waals surface area contributed by atoms with E-state index in [1.807, 2.05) is 11.8 Å². The Morgan fingerprint density at radius 3 is 2.44 bits per heavy atom. The molecule has 0 unspecified atom stereocenters. The largest absolute Gasteiger partial charge is 0.466 e. The highest BCUT2D eigenvalue weighted by molar-refractivity contribution is 5.95. The molecule has 2 heterocycles. The van der Waals surface area contributed by atoms with E-state index in [1.54, 1.807) is 17.9 Å². The lowest BCUT2D eigenvalue weighted by molar-refractivity contribution is -0.135. The normalized spacial score (nSPS) is 14.8. The van der Waals surface area contributed by atoms with Crippen LogP contribution in [-0.2, 0) is 9.53 Å². The number of furan rings is 1. The van der Waals surface area contributed by atoms with Crippen molar-refractivity contribution in [2.75, 3.05) is 39.4 Å². The zero-order valence-corrected chi connectivity index (χ0v) is 15.8. The van der Waals surface area contributed by atoms with Crippen LogP contribution in [0.5, 0.6) is 0 Å². The second kappa shape index (κ2) is 9.04. The van der Waals surface area contributed by atoms with Crippen molar-refractivity contribution in [3.8, 4) is 0 Å². The van der Waals surface area contributed by atoms with E-state index in [9.17, 15) is 9.59 Å². The zero-order valence-electron chi connectivity index (χ0n) is 15.8. The summed E-state index contributed by atoms with van der Waals surface area (Å²) in [4.78, 5) is 28.9. The maximum Gasteiger partial charge on any atom is 0.257 e. The average molecular weight is 350 g/mol. The average Bonchev–Trinajstić information content (AvgIpc) is 2.93. The first-order valence-electron chi connectivity index (χ1n) is 9.10. The molecule has 0 bridgehead atoms. The van der Waals surface area contributed by atoms with Crippen LogP contribution < -0.4 is 0 Å². The number of hydrogen-bond acceptors (Lipinski definition) is 4. The third-order valence-electron chi connectivity index (χ3n) is 4.49. The number of hydrogen-bond donors (Lipinski definition) is 0. The van der Waals surface area contributed by atoms with Crippen LogP contribution in [0.3, 0.4) is 0 Å². The Morgan fingerprint density at radius 1 is 1.20 bits per heavy atom. The van der Waals surface area contributed by atoms with Gasteiger partial charge in [-0.3, -0.25) is 9.59 Å². The summed E-state index contributed by atoms with van der Waals surface area (Å²) in [5.41, 5.74) is 0.597. The van der Waals surface area contributed by atoms with Gasteiger partial charge in [0.25, 0.3) is 5.91 Å². The van der Waals surface area contributed by atoms with Gasteiger partial charge in [-0.05, 0) is 32.3 Å². The molecule has 1 aliphatic rings. The van der Waals surface area contributed by atoms with Crippen LogP contribution >= 0.6 is 0 Å². The van der Waals surface area contributed by atoms with E-state index in [2.05, 4.69) is 13.8 Å². The molecule has 0 aromatic carbocycles. The number of amides is 2. The Balaban J connectivity index is 2.00. The minimum atomic E-state index is -0.0511. The van der Waals surface area contributed by atoms with Gasteiger partial charge in [0.1, 0.15) is 11.5 Å². The first kappa shape index (κ1) is 19.5. The molecule has 2 rings (SSSR count). The van der Waals surface area contributed by atoms with Crippen molar-refractivity contribution >= 4 is 11.8 Å². The van der Waals surface area contributed by atoms with Crippen LogP contribution in [0.2, 0.25) is 0 Å². The van der Waals surface area contributed by atoms with Crippen LogP contribution in [0, 0.1) is 19.8 Å². The standard InChI is InChI=1S/C19H30N2O4/c1-14(2)5-7-21(19(23)17-13-15(3)25-16(17)4)8-6-18(22)20-9-11-24-12-10-20/h13-14H,5-12H2,1-4H3. The SMILES string of the molecule is Cc1cc(C(=O)N(CCC(=O)N2CCOCC2)CCC(C)C)c(C)o1. The zero-order chi connectivity index (χ0) is 18.4. The van der Waals surface area contributed by atoms with E-state index in [0.29, 0.717) is 63.1 Å². The predicted octanol–water partition coefficient (Wildman–Crippen LogP) is 2.63. The number of carbonyl (C=O) groups is 2. The molecule has 0 saturated carbocycles. The summed E-state index contributed by atoms with van der Waals surface area (Å²) in [6.45, 7) is 11.5. The van der Waals surface area contributed by atoms with Gasteiger partial charge in [0.05, 0.1) is 18.8 Å². The van der Waals surface area contributed by atoms with Crippen LogP contribution in [0.15, 0.2) is 10.5 Å². The van der Waals surface area contributed by atoms with Crippen LogP contribution in [0.25, 0.3) is 0 Å². The third-order valence-corrected chi connectivity index (χ3v) is 4.49. The van der Waals surface area contributed by atoms with E-state index < -0.39 is 0 Å². The number of morpholine rings is 1. The molecule has 0 atom stereocenters. The highest BCUT2D eigenvalue weighted by atomic mass is 16.5. The smallest absolute Gasteiger partial charge is 0.257 e. The van der Waals surface area contributed by atoms with Gasteiger partial charge in [-0.25, -0.2) is 0 Å². The molecular formula is C19H30N2O4. The molecule has 0 aliphatic carbocycles. The molecule has 25 heavy (non-hydrogen) atoms. The predicted molar refractivity (Wildman–Crippen MR) is 95.6 cm³/mol. The Kier molecular flexibility index (Phi) is 7.05. The van der Waals surface area contributed by atoms with Crippen molar-refractivity contribution in [1.82, 2.24) is 9.80 Å². The monoisotopic (exact) mass is 350 g/mol. The van der Waals surface area contributed by atoms with Crippen molar-refractivity contribution in [1.29, 1.82) is 0 Å². The molecule has 0 N–H and O–H groups in total. The molecule has 140 valence electrons. The van der Waals surface area contributed by atoms with E-state index in [0.717, 1.165) is 12.2 Å². The van der Waals surface area contributed by atoms with E-state index in [-0.39, 0.29) is 11.8 Å². The maximum atomic E-state index is 12.9. The molecule has 1 aromatic heterocycles. The first-order chi connectivity index (χ1) is 11.9. The van der Waals surface area contributed by atoms with Crippen molar-refractivity contribution in [3.05, 3.63) is 23.2 Å². The van der Waals surface area contributed by atoms with Gasteiger partial charge < -0.3 is 19.0 Å². The van der Waals surface area contributed by atoms with Crippen molar-refractivity contribution < 1.29 is 18.7 Å². The fourth-order valence-corrected chi connectivity index (χ4v) is 2.94. The molecule has 6 nitrogen and oxygen atoms in total. The highest BCUT2D eigenvalue weighted by Gasteiger charge is 2.23. The van der Waals surface area contributed by atoms with Gasteiger partial charge in [0.15, 0.2) is 0 Å². The highest BCUT2D eigenvalue weighted by Crippen LogP contribution is 2.17. The number of carbonyl (C=O) groups excluding carboxylic acids is 2. The molecule has 0 spiro atoms. The topological polar surface area (TPSA) is 63.0 Å². The van der Waals surface area contributed by atoms with Gasteiger partial charge in [-0.2, -0.15) is 0 Å². The molecule has 1 saturated heterocycles. The van der Waals surface area contributed by atoms with Gasteiger partial charge in [0, 0.05) is 32.6 Å². The van der Waals surface area contributed by atoms with E-state index in [1.165, 1.54) is 0 Å². The Bertz CT molecular complexity index is 588. The van der Waals surface area contributed by atoms with Gasteiger partial charge in [0.2, 0.25) is 5.91 Å². The summed E-state index contributed by atoms with van der Waals surface area (Å²) in [6.07, 6.45) is 1.26. The maximum absolute atomic E-state index is 12.9. The Labute approximate surface area is 150 Å². The van der Waals surface area contributed by atoms with Crippen LogP contribution in [-0.4, -0.2) is 61.0 Å². The van der Waals surface area contributed by atoms with E-state index in [4.69, 9.17) is 9.15 Å². The van der Waals surface area contributed by atoms with Crippen molar-refractivity contribution in [3.63, 3.8) is 0 Å². The third kappa shape index (κ3) is 5.59. The van der Waals surface area contributed by atoms with E-state index >= 15 is 0 Å². The quantitative estimate of drug-likeness (QED) is 0.758. The summed E-state index contributed by atoms with van der Waals surface area (Å²) < 4.78 is 10.8. The van der Waals surface area contributed by atoms with Crippen LogP contribution in [0.4, 0.5) is 0 Å². The summed E-state index contributed by atoms with van der Waals surface area (Å²) in [5.74, 6) is 1.90. The number of rotatable bonds is 7. The summed E-state index contributed by atoms with van der Waals surface area (Å²) in [5, 5.41) is 0. The first-order valence-corrected chi connectivity index (χ1v) is 9.10. The second-order valence-electron chi connectivity index (χ2n) is 7.04.